The van der Waals surface area contributed by atoms with Crippen LogP contribution in [-0.4, -0.2) is 34.7 Å². The number of Topliss-reactive ketones (excluding diaryl/α,β-unsaturated/α-hetero) is 1. The molecule has 0 aromatic carbocycles. The third kappa shape index (κ3) is 3.12. The predicted molar refractivity (Wildman–Crippen MR) is 65.8 cm³/mol. The lowest BCUT2D eigenvalue weighted by Crippen LogP contribution is -2.43. The summed E-state index contributed by atoms with van der Waals surface area (Å²) in [5.74, 6) is 0.404. The lowest BCUT2D eigenvalue weighted by Gasteiger charge is -2.30. The molecule has 92 valence electrons. The van der Waals surface area contributed by atoms with E-state index in [0.29, 0.717) is 32.4 Å². The Morgan fingerprint density at radius 1 is 1.65 bits per heavy atom. The van der Waals surface area contributed by atoms with Gasteiger partial charge in [-0.05, 0) is 0 Å². The molecular weight excluding hydrogens is 236 g/mol. The first kappa shape index (κ1) is 12.2. The Morgan fingerprint density at radius 3 is 3.12 bits per heavy atom. The Labute approximate surface area is 105 Å². The van der Waals surface area contributed by atoms with E-state index in [0.717, 1.165) is 5.01 Å². The number of carbonyl (C=O) groups excluding carboxylic acids is 2. The summed E-state index contributed by atoms with van der Waals surface area (Å²) < 4.78 is 0. The van der Waals surface area contributed by atoms with Gasteiger partial charge in [0.1, 0.15) is 5.78 Å². The molecule has 1 aromatic rings. The zero-order valence-electron chi connectivity index (χ0n) is 9.89. The largest absolute Gasteiger partial charge is 0.342 e. The molecule has 2 rings (SSSR count). The number of likely N-dealkylation sites (tertiary alicyclic amines) is 1. The SMILES string of the molecule is C[C@H]1CN(C(=O)CCc2nccs2)CCC1=O. The monoisotopic (exact) mass is 252 g/mol. The number of aromatic nitrogens is 1. The summed E-state index contributed by atoms with van der Waals surface area (Å²) in [6.07, 6.45) is 3.46. The van der Waals surface area contributed by atoms with Gasteiger partial charge in [-0.2, -0.15) is 0 Å². The molecule has 1 saturated heterocycles. The maximum Gasteiger partial charge on any atom is 0.223 e. The highest BCUT2D eigenvalue weighted by Crippen LogP contribution is 2.14. The zero-order valence-corrected chi connectivity index (χ0v) is 10.7. The average molecular weight is 252 g/mol. The van der Waals surface area contributed by atoms with Gasteiger partial charge in [0.25, 0.3) is 0 Å². The number of aryl methyl sites for hydroxylation is 1. The number of ketones is 1. The molecule has 1 fully saturated rings. The molecule has 0 radical (unpaired) electrons. The Kier molecular flexibility index (Phi) is 3.89. The fraction of sp³-hybridized carbons (Fsp3) is 0.583. The third-order valence-electron chi connectivity index (χ3n) is 3.06. The second-order valence-electron chi connectivity index (χ2n) is 4.38. The van der Waals surface area contributed by atoms with E-state index in [1.54, 1.807) is 22.4 Å². The highest BCUT2D eigenvalue weighted by atomic mass is 32.1. The third-order valence-corrected chi connectivity index (χ3v) is 3.90. The first-order valence-electron chi connectivity index (χ1n) is 5.85. The van der Waals surface area contributed by atoms with Crippen LogP contribution < -0.4 is 0 Å². The molecular formula is C12H16N2O2S. The molecule has 0 unspecified atom stereocenters. The number of thiazole rings is 1. The van der Waals surface area contributed by atoms with Crippen molar-refractivity contribution >= 4 is 23.0 Å². The van der Waals surface area contributed by atoms with Crippen molar-refractivity contribution < 1.29 is 9.59 Å². The van der Waals surface area contributed by atoms with Gasteiger partial charge >= 0.3 is 0 Å². The van der Waals surface area contributed by atoms with Crippen LogP contribution >= 0.6 is 11.3 Å². The number of nitrogens with zero attached hydrogens (tertiary/aromatic N) is 2. The molecule has 4 nitrogen and oxygen atoms in total. The first-order valence-corrected chi connectivity index (χ1v) is 6.73. The maximum absolute atomic E-state index is 11.9. The van der Waals surface area contributed by atoms with Crippen LogP contribution in [0.25, 0.3) is 0 Å². The van der Waals surface area contributed by atoms with Crippen molar-refractivity contribution in [2.45, 2.75) is 26.2 Å². The van der Waals surface area contributed by atoms with Crippen LogP contribution in [0.3, 0.4) is 0 Å². The lowest BCUT2D eigenvalue weighted by atomic mass is 9.98. The van der Waals surface area contributed by atoms with E-state index >= 15 is 0 Å². The molecule has 0 bridgehead atoms. The van der Waals surface area contributed by atoms with Crippen LogP contribution in [0.2, 0.25) is 0 Å². The van der Waals surface area contributed by atoms with Gasteiger partial charge in [-0.1, -0.05) is 6.92 Å². The van der Waals surface area contributed by atoms with Gasteiger partial charge in [-0.15, -0.1) is 11.3 Å². The second kappa shape index (κ2) is 5.40. The quantitative estimate of drug-likeness (QED) is 0.819. The van der Waals surface area contributed by atoms with Crippen molar-refractivity contribution in [1.82, 2.24) is 9.88 Å². The van der Waals surface area contributed by atoms with Crippen molar-refractivity contribution in [2.75, 3.05) is 13.1 Å². The molecule has 1 atom stereocenters. The second-order valence-corrected chi connectivity index (χ2v) is 5.36. The smallest absolute Gasteiger partial charge is 0.223 e. The Balaban J connectivity index is 1.82. The van der Waals surface area contributed by atoms with E-state index in [9.17, 15) is 9.59 Å². The fourth-order valence-corrected chi connectivity index (χ4v) is 2.61. The van der Waals surface area contributed by atoms with Crippen LogP contribution in [0.5, 0.6) is 0 Å². The molecule has 1 aliphatic rings. The number of rotatable bonds is 3. The number of amides is 1. The minimum Gasteiger partial charge on any atom is -0.342 e. The van der Waals surface area contributed by atoms with Gasteiger partial charge in [0, 0.05) is 49.8 Å². The molecule has 1 aliphatic heterocycles. The molecule has 17 heavy (non-hydrogen) atoms. The van der Waals surface area contributed by atoms with Crippen LogP contribution in [0.1, 0.15) is 24.8 Å². The van der Waals surface area contributed by atoms with Crippen molar-refractivity contribution in [3.05, 3.63) is 16.6 Å². The zero-order chi connectivity index (χ0) is 12.3. The molecule has 1 aromatic heterocycles. The standard InChI is InChI=1S/C12H16N2O2S/c1-9-8-14(6-4-10(9)15)12(16)3-2-11-13-5-7-17-11/h5,7,9H,2-4,6,8H2,1H3/t9-/m0/s1. The van der Waals surface area contributed by atoms with E-state index in [4.69, 9.17) is 0 Å². The van der Waals surface area contributed by atoms with Crippen molar-refractivity contribution in [3.63, 3.8) is 0 Å². The Morgan fingerprint density at radius 2 is 2.47 bits per heavy atom. The van der Waals surface area contributed by atoms with Gasteiger partial charge in [0.05, 0.1) is 5.01 Å². The summed E-state index contributed by atoms with van der Waals surface area (Å²) in [6.45, 7) is 3.05. The van der Waals surface area contributed by atoms with Crippen LogP contribution in [0.4, 0.5) is 0 Å². The first-order chi connectivity index (χ1) is 8.16. The van der Waals surface area contributed by atoms with Gasteiger partial charge in [-0.25, -0.2) is 4.98 Å². The lowest BCUT2D eigenvalue weighted by molar-refractivity contribution is -0.136. The van der Waals surface area contributed by atoms with Crippen molar-refractivity contribution in [1.29, 1.82) is 0 Å². The molecule has 5 heteroatoms. The van der Waals surface area contributed by atoms with Crippen molar-refractivity contribution in [3.8, 4) is 0 Å². The van der Waals surface area contributed by atoms with E-state index < -0.39 is 0 Å². The van der Waals surface area contributed by atoms with Gasteiger partial charge in [-0.3, -0.25) is 9.59 Å². The van der Waals surface area contributed by atoms with Crippen LogP contribution in [0, 0.1) is 5.92 Å². The highest BCUT2D eigenvalue weighted by molar-refractivity contribution is 7.09. The van der Waals surface area contributed by atoms with E-state index in [1.807, 2.05) is 12.3 Å². The number of carbonyl (C=O) groups is 2. The van der Waals surface area contributed by atoms with Gasteiger partial charge in [0.15, 0.2) is 0 Å². The van der Waals surface area contributed by atoms with Crippen LogP contribution in [0.15, 0.2) is 11.6 Å². The number of hydrogen-bond acceptors (Lipinski definition) is 4. The molecule has 0 N–H and O–H groups in total. The number of hydrogen-bond donors (Lipinski definition) is 0. The molecule has 1 amide bonds. The Bertz CT molecular complexity index is 403. The van der Waals surface area contributed by atoms with Gasteiger partial charge in [0.2, 0.25) is 5.91 Å². The van der Waals surface area contributed by atoms with E-state index in [-0.39, 0.29) is 17.6 Å². The minimum absolute atomic E-state index is 0.00689. The van der Waals surface area contributed by atoms with E-state index in [1.165, 1.54) is 0 Å². The molecule has 0 spiro atoms. The summed E-state index contributed by atoms with van der Waals surface area (Å²) in [5.41, 5.74) is 0. The Hall–Kier alpha value is -1.23. The van der Waals surface area contributed by atoms with E-state index in [2.05, 4.69) is 4.98 Å². The summed E-state index contributed by atoms with van der Waals surface area (Å²) >= 11 is 1.58. The normalized spacial score (nSPS) is 20.6. The summed E-state index contributed by atoms with van der Waals surface area (Å²) in [4.78, 5) is 29.3. The molecule has 2 heterocycles. The summed E-state index contributed by atoms with van der Waals surface area (Å²) in [7, 11) is 0. The molecule has 0 saturated carbocycles. The summed E-state index contributed by atoms with van der Waals surface area (Å²) in [6, 6.07) is 0. The maximum atomic E-state index is 11.9. The summed E-state index contributed by atoms with van der Waals surface area (Å²) in [5, 5.41) is 2.92. The minimum atomic E-state index is -0.00689. The topological polar surface area (TPSA) is 50.3 Å². The highest BCUT2D eigenvalue weighted by Gasteiger charge is 2.26. The fourth-order valence-electron chi connectivity index (χ4n) is 1.99. The van der Waals surface area contributed by atoms with Crippen molar-refractivity contribution in [2.24, 2.45) is 5.92 Å². The number of piperidine rings is 1. The average Bonchev–Trinajstić information content (AvgIpc) is 2.82. The predicted octanol–water partition coefficient (Wildman–Crippen LogP) is 1.51. The molecule has 0 aliphatic carbocycles. The van der Waals surface area contributed by atoms with Crippen LogP contribution in [-0.2, 0) is 16.0 Å². The van der Waals surface area contributed by atoms with Gasteiger partial charge < -0.3 is 4.90 Å².